The third-order valence-corrected chi connectivity index (χ3v) is 5.43. The normalized spacial score (nSPS) is 11.0. The van der Waals surface area contributed by atoms with Crippen LogP contribution in [0.25, 0.3) is 0 Å². The Morgan fingerprint density at radius 3 is 2.53 bits per heavy atom. The van der Waals surface area contributed by atoms with Gasteiger partial charge in [0.1, 0.15) is 15.2 Å². The number of sulfonamides is 1. The molecule has 0 aliphatic rings. The number of nitriles is 1. The Labute approximate surface area is 116 Å². The quantitative estimate of drug-likeness (QED) is 0.945. The first-order valence-corrected chi connectivity index (χ1v) is 7.82. The summed E-state index contributed by atoms with van der Waals surface area (Å²) in [5.74, 6) is 0. The maximum atomic E-state index is 12.2. The van der Waals surface area contributed by atoms with Crippen molar-refractivity contribution >= 4 is 27.0 Å². The molecule has 0 amide bonds. The van der Waals surface area contributed by atoms with Crippen LogP contribution in [0.2, 0.25) is 0 Å². The zero-order valence-electron chi connectivity index (χ0n) is 10.5. The molecule has 19 heavy (non-hydrogen) atoms. The Bertz CT molecular complexity index is 755. The topological polar surface area (TPSA) is 70.0 Å². The zero-order valence-corrected chi connectivity index (χ0v) is 12.1. The van der Waals surface area contributed by atoms with E-state index in [9.17, 15) is 8.42 Å². The first kappa shape index (κ1) is 13.6. The van der Waals surface area contributed by atoms with E-state index in [0.29, 0.717) is 10.6 Å². The van der Waals surface area contributed by atoms with E-state index in [1.807, 2.05) is 32.0 Å². The van der Waals surface area contributed by atoms with Gasteiger partial charge >= 0.3 is 0 Å². The fourth-order valence-corrected chi connectivity index (χ4v) is 3.88. The molecule has 0 saturated heterocycles. The average Bonchev–Trinajstić information content (AvgIpc) is 2.82. The van der Waals surface area contributed by atoms with Crippen LogP contribution in [-0.2, 0) is 10.0 Å². The Kier molecular flexibility index (Phi) is 3.60. The number of nitrogens with zero attached hydrogens (tertiary/aromatic N) is 1. The summed E-state index contributed by atoms with van der Waals surface area (Å²) in [5.41, 5.74) is 2.49. The summed E-state index contributed by atoms with van der Waals surface area (Å²) >= 11 is 0.956. The molecular formula is C13H12N2O2S2. The number of anilines is 1. The highest BCUT2D eigenvalue weighted by molar-refractivity contribution is 7.94. The summed E-state index contributed by atoms with van der Waals surface area (Å²) in [7, 11) is -3.62. The van der Waals surface area contributed by atoms with Gasteiger partial charge in [-0.1, -0.05) is 17.7 Å². The highest BCUT2D eigenvalue weighted by atomic mass is 32.2. The second-order valence-corrected chi connectivity index (χ2v) is 7.15. The van der Waals surface area contributed by atoms with Gasteiger partial charge in [-0.05, 0) is 37.6 Å². The Balaban J connectivity index is 2.34. The van der Waals surface area contributed by atoms with Gasteiger partial charge in [0.05, 0.1) is 5.69 Å². The van der Waals surface area contributed by atoms with Crippen molar-refractivity contribution in [1.82, 2.24) is 0 Å². The molecule has 6 heteroatoms. The molecule has 2 aromatic rings. The van der Waals surface area contributed by atoms with Crippen LogP contribution in [0, 0.1) is 25.2 Å². The van der Waals surface area contributed by atoms with Gasteiger partial charge in [-0.15, -0.1) is 11.3 Å². The SMILES string of the molecule is Cc1ccc(NS(=O)(=O)c2ccc(C#N)s2)c(C)c1. The molecule has 1 N–H and O–H groups in total. The molecule has 0 atom stereocenters. The monoisotopic (exact) mass is 292 g/mol. The van der Waals surface area contributed by atoms with Crippen molar-refractivity contribution in [2.24, 2.45) is 0 Å². The first-order chi connectivity index (χ1) is 8.92. The Morgan fingerprint density at radius 1 is 1.21 bits per heavy atom. The third-order valence-electron chi connectivity index (χ3n) is 2.58. The number of hydrogen-bond acceptors (Lipinski definition) is 4. The minimum Gasteiger partial charge on any atom is -0.279 e. The molecule has 0 aliphatic carbocycles. The smallest absolute Gasteiger partial charge is 0.271 e. The highest BCUT2D eigenvalue weighted by Crippen LogP contribution is 2.25. The lowest BCUT2D eigenvalue weighted by Crippen LogP contribution is -2.12. The van der Waals surface area contributed by atoms with Gasteiger partial charge in [0.25, 0.3) is 10.0 Å². The van der Waals surface area contributed by atoms with Crippen LogP contribution in [0.4, 0.5) is 5.69 Å². The Morgan fingerprint density at radius 2 is 1.95 bits per heavy atom. The first-order valence-electron chi connectivity index (χ1n) is 5.52. The lowest BCUT2D eigenvalue weighted by atomic mass is 10.1. The summed E-state index contributed by atoms with van der Waals surface area (Å²) < 4.78 is 27.0. The summed E-state index contributed by atoms with van der Waals surface area (Å²) in [4.78, 5) is 0.376. The molecular weight excluding hydrogens is 280 g/mol. The minimum absolute atomic E-state index is 0.143. The molecule has 1 aromatic heterocycles. The number of benzene rings is 1. The fraction of sp³-hybridized carbons (Fsp3) is 0.154. The molecule has 0 fully saturated rings. The predicted molar refractivity (Wildman–Crippen MR) is 75.8 cm³/mol. The number of thiophene rings is 1. The highest BCUT2D eigenvalue weighted by Gasteiger charge is 2.17. The second kappa shape index (κ2) is 5.03. The van der Waals surface area contributed by atoms with Crippen molar-refractivity contribution in [2.45, 2.75) is 18.1 Å². The molecule has 4 nitrogen and oxygen atoms in total. The van der Waals surface area contributed by atoms with Gasteiger partial charge in [-0.2, -0.15) is 5.26 Å². The molecule has 1 heterocycles. The third kappa shape index (κ3) is 2.95. The van der Waals surface area contributed by atoms with Crippen molar-refractivity contribution in [3.8, 4) is 6.07 Å². The number of aryl methyl sites for hydroxylation is 2. The average molecular weight is 292 g/mol. The van der Waals surface area contributed by atoms with Gasteiger partial charge < -0.3 is 0 Å². The fourth-order valence-electron chi connectivity index (χ4n) is 1.65. The van der Waals surface area contributed by atoms with Gasteiger partial charge in [-0.3, -0.25) is 4.72 Å². The molecule has 0 unspecified atom stereocenters. The summed E-state index contributed by atoms with van der Waals surface area (Å²) in [6.45, 7) is 3.80. The number of hydrogen-bond donors (Lipinski definition) is 1. The van der Waals surface area contributed by atoms with Crippen LogP contribution in [-0.4, -0.2) is 8.42 Å². The minimum atomic E-state index is -3.62. The van der Waals surface area contributed by atoms with Crippen LogP contribution >= 0.6 is 11.3 Å². The van der Waals surface area contributed by atoms with E-state index in [0.717, 1.165) is 22.5 Å². The van der Waals surface area contributed by atoms with E-state index < -0.39 is 10.0 Å². The molecule has 98 valence electrons. The lowest BCUT2D eigenvalue weighted by Gasteiger charge is -2.09. The molecule has 0 radical (unpaired) electrons. The summed E-state index contributed by atoms with van der Waals surface area (Å²) in [6.07, 6.45) is 0. The van der Waals surface area contributed by atoms with Crippen molar-refractivity contribution in [3.63, 3.8) is 0 Å². The maximum Gasteiger partial charge on any atom is 0.271 e. The van der Waals surface area contributed by atoms with Crippen molar-refractivity contribution in [2.75, 3.05) is 4.72 Å². The van der Waals surface area contributed by atoms with E-state index in [2.05, 4.69) is 4.72 Å². The molecule has 2 rings (SSSR count). The van der Waals surface area contributed by atoms with Gasteiger partial charge in [0, 0.05) is 0 Å². The van der Waals surface area contributed by atoms with Gasteiger partial charge in [0.2, 0.25) is 0 Å². The van der Waals surface area contributed by atoms with E-state index >= 15 is 0 Å². The standard InChI is InChI=1S/C13H12N2O2S2/c1-9-3-5-12(10(2)7-9)15-19(16,17)13-6-4-11(8-14)18-13/h3-7,15H,1-2H3. The molecule has 0 aliphatic heterocycles. The van der Waals surface area contributed by atoms with Crippen molar-refractivity contribution < 1.29 is 8.42 Å². The molecule has 0 saturated carbocycles. The van der Waals surface area contributed by atoms with Crippen LogP contribution in [0.5, 0.6) is 0 Å². The Hall–Kier alpha value is -1.84. The summed E-state index contributed by atoms with van der Waals surface area (Å²) in [5, 5.41) is 8.73. The predicted octanol–water partition coefficient (Wildman–Crippen LogP) is 3.04. The number of rotatable bonds is 3. The van der Waals surface area contributed by atoms with Crippen molar-refractivity contribution in [1.29, 1.82) is 5.26 Å². The molecule has 0 bridgehead atoms. The van der Waals surface area contributed by atoms with Gasteiger partial charge in [-0.25, -0.2) is 8.42 Å². The van der Waals surface area contributed by atoms with Crippen molar-refractivity contribution in [3.05, 3.63) is 46.3 Å². The lowest BCUT2D eigenvalue weighted by molar-refractivity contribution is 0.603. The van der Waals surface area contributed by atoms with Gasteiger partial charge in [0.15, 0.2) is 0 Å². The molecule has 1 aromatic carbocycles. The van der Waals surface area contributed by atoms with Crippen LogP contribution in [0.1, 0.15) is 16.0 Å². The van der Waals surface area contributed by atoms with E-state index in [1.165, 1.54) is 12.1 Å². The number of nitrogens with one attached hydrogen (secondary N) is 1. The summed E-state index contributed by atoms with van der Waals surface area (Å²) in [6, 6.07) is 10.4. The van der Waals surface area contributed by atoms with E-state index in [-0.39, 0.29) is 4.21 Å². The molecule has 0 spiro atoms. The zero-order chi connectivity index (χ0) is 14.0. The van der Waals surface area contributed by atoms with Crippen LogP contribution in [0.15, 0.2) is 34.5 Å². The second-order valence-electron chi connectivity index (χ2n) is 4.15. The van der Waals surface area contributed by atoms with Crippen LogP contribution < -0.4 is 4.72 Å². The largest absolute Gasteiger partial charge is 0.279 e. The van der Waals surface area contributed by atoms with Crippen LogP contribution in [0.3, 0.4) is 0 Å². The van der Waals surface area contributed by atoms with E-state index in [4.69, 9.17) is 5.26 Å². The maximum absolute atomic E-state index is 12.2. The van der Waals surface area contributed by atoms with E-state index in [1.54, 1.807) is 6.07 Å².